The monoisotopic (exact) mass is 553 g/mol. The molecule has 4 rings (SSSR count). The number of rotatable bonds is 9. The first-order chi connectivity index (χ1) is 18.4. The van der Waals surface area contributed by atoms with Crippen LogP contribution in [0.5, 0.6) is 17.2 Å². The summed E-state index contributed by atoms with van der Waals surface area (Å²) in [7, 11) is 4.76. The number of amidine groups is 1. The van der Waals surface area contributed by atoms with E-state index < -0.39 is 5.25 Å². The fourth-order valence-corrected chi connectivity index (χ4v) is 5.11. The predicted octanol–water partition coefficient (Wildman–Crippen LogP) is 5.57. The second-order valence-corrected chi connectivity index (χ2v) is 9.99. The highest BCUT2D eigenvalue weighted by atomic mass is 35.5. The first kappa shape index (κ1) is 27.3. The van der Waals surface area contributed by atoms with Crippen LogP contribution in [0.2, 0.25) is 5.02 Å². The van der Waals surface area contributed by atoms with E-state index in [1.54, 1.807) is 74.8 Å². The van der Waals surface area contributed by atoms with Gasteiger partial charge in [0.25, 0.3) is 0 Å². The Bertz CT molecular complexity index is 1320. The third-order valence-electron chi connectivity index (χ3n) is 5.91. The number of anilines is 1. The van der Waals surface area contributed by atoms with Crippen molar-refractivity contribution in [1.29, 1.82) is 0 Å². The number of hydrogen-bond acceptors (Lipinski definition) is 7. The van der Waals surface area contributed by atoms with E-state index in [9.17, 15) is 9.59 Å². The van der Waals surface area contributed by atoms with Crippen LogP contribution in [-0.2, 0) is 16.0 Å². The molecule has 0 saturated carbocycles. The summed E-state index contributed by atoms with van der Waals surface area (Å²) in [5.41, 5.74) is 2.24. The van der Waals surface area contributed by atoms with Crippen LogP contribution in [0.1, 0.15) is 12.0 Å². The van der Waals surface area contributed by atoms with Crippen LogP contribution in [0.25, 0.3) is 0 Å². The zero-order chi connectivity index (χ0) is 27.1. The van der Waals surface area contributed by atoms with Gasteiger partial charge in [0.15, 0.2) is 16.7 Å². The molecule has 3 aromatic rings. The number of thioether (sulfide) groups is 1. The molecular formula is C28H28ClN3O5S. The molecule has 3 aromatic carbocycles. The summed E-state index contributed by atoms with van der Waals surface area (Å²) in [6, 6.07) is 19.7. The van der Waals surface area contributed by atoms with Gasteiger partial charge in [-0.2, -0.15) is 0 Å². The summed E-state index contributed by atoms with van der Waals surface area (Å²) in [5, 5.41) is 3.27. The molecule has 1 saturated heterocycles. The Morgan fingerprint density at radius 2 is 1.71 bits per heavy atom. The van der Waals surface area contributed by atoms with E-state index in [2.05, 4.69) is 5.32 Å². The predicted molar refractivity (Wildman–Crippen MR) is 151 cm³/mol. The quantitative estimate of drug-likeness (QED) is 0.373. The molecule has 1 fully saturated rings. The van der Waals surface area contributed by atoms with Crippen molar-refractivity contribution in [3.8, 4) is 17.2 Å². The number of carbonyl (C=O) groups excluding carboxylic acids is 2. The van der Waals surface area contributed by atoms with Gasteiger partial charge in [-0.3, -0.25) is 14.5 Å². The highest BCUT2D eigenvalue weighted by Crippen LogP contribution is 2.32. The summed E-state index contributed by atoms with van der Waals surface area (Å²) in [6.45, 7) is 0.391. The van der Waals surface area contributed by atoms with E-state index in [0.29, 0.717) is 51.8 Å². The summed E-state index contributed by atoms with van der Waals surface area (Å²) >= 11 is 7.22. The van der Waals surface area contributed by atoms with Crippen molar-refractivity contribution >= 4 is 51.7 Å². The van der Waals surface area contributed by atoms with Crippen LogP contribution in [0, 0.1) is 0 Å². The molecule has 38 heavy (non-hydrogen) atoms. The average molecular weight is 554 g/mol. The lowest BCUT2D eigenvalue weighted by Crippen LogP contribution is -2.46. The van der Waals surface area contributed by atoms with Crippen LogP contribution >= 0.6 is 23.4 Å². The minimum Gasteiger partial charge on any atom is -0.497 e. The van der Waals surface area contributed by atoms with Crippen LogP contribution in [0.15, 0.2) is 71.7 Å². The van der Waals surface area contributed by atoms with Gasteiger partial charge in [0.2, 0.25) is 11.8 Å². The standard InChI is InChI=1S/C28H28ClN3O5S/c1-35-22-11-9-21(10-12-22)31-28-32(15-14-18-4-13-23(36-2)24(16-18)37-3)26(33)17-25(38-28)27(34)30-20-7-5-19(29)6-8-20/h4-13,16,25H,14-15,17H2,1-3H3,(H,30,34). The Kier molecular flexibility index (Phi) is 9.15. The zero-order valence-corrected chi connectivity index (χ0v) is 22.8. The first-order valence-corrected chi connectivity index (χ1v) is 13.1. The summed E-state index contributed by atoms with van der Waals surface area (Å²) in [6.07, 6.45) is 0.619. The number of methoxy groups -OCH3 is 3. The molecule has 2 amide bonds. The summed E-state index contributed by atoms with van der Waals surface area (Å²) < 4.78 is 16.0. The Balaban J connectivity index is 1.55. The Hall–Kier alpha value is -3.69. The van der Waals surface area contributed by atoms with Crippen molar-refractivity contribution < 1.29 is 23.8 Å². The molecule has 1 N–H and O–H groups in total. The molecule has 0 aromatic heterocycles. The van der Waals surface area contributed by atoms with Gasteiger partial charge in [-0.1, -0.05) is 29.4 Å². The van der Waals surface area contributed by atoms with Crippen LogP contribution in [-0.4, -0.2) is 55.0 Å². The van der Waals surface area contributed by atoms with E-state index >= 15 is 0 Å². The second-order valence-electron chi connectivity index (χ2n) is 8.38. The van der Waals surface area contributed by atoms with E-state index in [1.807, 2.05) is 18.2 Å². The number of hydrogen-bond donors (Lipinski definition) is 1. The SMILES string of the molecule is COc1ccc(N=C2SC(C(=O)Nc3ccc(Cl)cc3)CC(=O)N2CCc2ccc(OC)c(OC)c2)cc1. The fraction of sp³-hybridized carbons (Fsp3) is 0.250. The normalized spacial score (nSPS) is 16.3. The molecule has 1 unspecified atom stereocenters. The smallest absolute Gasteiger partial charge is 0.238 e. The maximum absolute atomic E-state index is 13.3. The Morgan fingerprint density at radius 1 is 1.00 bits per heavy atom. The number of halogens is 1. The number of benzene rings is 3. The maximum atomic E-state index is 13.3. The highest BCUT2D eigenvalue weighted by molar-refractivity contribution is 8.15. The highest BCUT2D eigenvalue weighted by Gasteiger charge is 2.35. The lowest BCUT2D eigenvalue weighted by Gasteiger charge is -2.32. The topological polar surface area (TPSA) is 89.5 Å². The third kappa shape index (κ3) is 6.79. The van der Waals surface area contributed by atoms with Gasteiger partial charge in [0, 0.05) is 23.7 Å². The molecule has 1 atom stereocenters. The van der Waals surface area contributed by atoms with Crippen molar-refractivity contribution in [3.05, 3.63) is 77.3 Å². The molecule has 198 valence electrons. The van der Waals surface area contributed by atoms with Crippen molar-refractivity contribution in [2.24, 2.45) is 4.99 Å². The number of carbonyl (C=O) groups is 2. The van der Waals surface area contributed by atoms with Crippen molar-refractivity contribution in [2.45, 2.75) is 18.1 Å². The lowest BCUT2D eigenvalue weighted by atomic mass is 10.1. The van der Waals surface area contributed by atoms with Crippen molar-refractivity contribution in [3.63, 3.8) is 0 Å². The first-order valence-electron chi connectivity index (χ1n) is 11.9. The van der Waals surface area contributed by atoms with Crippen molar-refractivity contribution in [1.82, 2.24) is 4.90 Å². The zero-order valence-electron chi connectivity index (χ0n) is 21.3. The van der Waals surface area contributed by atoms with Crippen molar-refractivity contribution in [2.75, 3.05) is 33.2 Å². The van der Waals surface area contributed by atoms with Crippen LogP contribution in [0.4, 0.5) is 11.4 Å². The number of nitrogens with one attached hydrogen (secondary N) is 1. The van der Waals surface area contributed by atoms with Gasteiger partial charge in [-0.25, -0.2) is 4.99 Å². The van der Waals surface area contributed by atoms with Gasteiger partial charge in [0.05, 0.1) is 27.0 Å². The molecule has 1 aliphatic rings. The van der Waals surface area contributed by atoms with Gasteiger partial charge < -0.3 is 19.5 Å². The minimum absolute atomic E-state index is 0.0532. The summed E-state index contributed by atoms with van der Waals surface area (Å²) in [5.74, 6) is 1.51. The molecule has 0 radical (unpaired) electrons. The average Bonchev–Trinajstić information content (AvgIpc) is 2.93. The lowest BCUT2D eigenvalue weighted by molar-refractivity contribution is -0.129. The number of nitrogens with zero attached hydrogens (tertiary/aromatic N) is 2. The molecule has 1 heterocycles. The summed E-state index contributed by atoms with van der Waals surface area (Å²) in [4.78, 5) is 32.8. The molecule has 10 heteroatoms. The molecule has 1 aliphatic heterocycles. The van der Waals surface area contributed by atoms with E-state index in [1.165, 1.54) is 11.8 Å². The fourth-order valence-electron chi connectivity index (χ4n) is 3.86. The Labute approximate surface area is 230 Å². The molecule has 0 bridgehead atoms. The number of amides is 2. The molecule has 8 nitrogen and oxygen atoms in total. The van der Waals surface area contributed by atoms with E-state index in [-0.39, 0.29) is 18.2 Å². The Morgan fingerprint density at radius 3 is 2.37 bits per heavy atom. The second kappa shape index (κ2) is 12.7. The minimum atomic E-state index is -0.632. The van der Waals surface area contributed by atoms with E-state index in [4.69, 9.17) is 30.8 Å². The van der Waals surface area contributed by atoms with Crippen LogP contribution < -0.4 is 19.5 Å². The molecule has 0 spiro atoms. The third-order valence-corrected chi connectivity index (χ3v) is 7.35. The number of aliphatic imine (C=N–C) groups is 1. The van der Waals surface area contributed by atoms with Crippen LogP contribution in [0.3, 0.4) is 0 Å². The van der Waals surface area contributed by atoms with Gasteiger partial charge in [-0.15, -0.1) is 0 Å². The largest absolute Gasteiger partial charge is 0.497 e. The van der Waals surface area contributed by atoms with Gasteiger partial charge >= 0.3 is 0 Å². The van der Waals surface area contributed by atoms with Gasteiger partial charge in [-0.05, 0) is 72.6 Å². The molecular weight excluding hydrogens is 526 g/mol. The van der Waals surface area contributed by atoms with E-state index in [0.717, 1.165) is 5.56 Å². The maximum Gasteiger partial charge on any atom is 0.238 e. The van der Waals surface area contributed by atoms with Gasteiger partial charge in [0.1, 0.15) is 11.0 Å². The number of ether oxygens (including phenoxy) is 3. The molecule has 0 aliphatic carbocycles.